The third kappa shape index (κ3) is 3.56. The Morgan fingerprint density at radius 2 is 2.08 bits per heavy atom. The van der Waals surface area contributed by atoms with Gasteiger partial charge in [0.15, 0.2) is 5.78 Å². The summed E-state index contributed by atoms with van der Waals surface area (Å²) in [6.07, 6.45) is 4.90. The highest BCUT2D eigenvalue weighted by Gasteiger charge is 2.39. The van der Waals surface area contributed by atoms with Gasteiger partial charge in [0.25, 0.3) is 0 Å². The van der Waals surface area contributed by atoms with E-state index in [1.165, 1.54) is 12.8 Å². The van der Waals surface area contributed by atoms with Gasteiger partial charge >= 0.3 is 0 Å². The first-order chi connectivity index (χ1) is 12.7. The van der Waals surface area contributed by atoms with Crippen LogP contribution in [0.2, 0.25) is 0 Å². The average molecular weight is 391 g/mol. The number of nitrogens with zero attached hydrogens (tertiary/aromatic N) is 2. The number of fused-ring (bicyclic) bond motifs is 1. The fourth-order valence-electron chi connectivity index (χ4n) is 4.39. The van der Waals surface area contributed by atoms with Crippen molar-refractivity contribution in [1.29, 1.82) is 0 Å². The van der Waals surface area contributed by atoms with Crippen LogP contribution in [-0.4, -0.2) is 71.5 Å². The first-order valence-electron chi connectivity index (χ1n) is 9.49. The molecule has 0 aromatic heterocycles. The second kappa shape index (κ2) is 7.95. The molecule has 2 unspecified atom stereocenters. The van der Waals surface area contributed by atoms with Crippen molar-refractivity contribution in [2.45, 2.75) is 36.1 Å². The lowest BCUT2D eigenvalue weighted by Crippen LogP contribution is -2.52. The van der Waals surface area contributed by atoms with Crippen molar-refractivity contribution in [3.8, 4) is 0 Å². The number of thioether (sulfide) groups is 2. The zero-order valence-corrected chi connectivity index (χ0v) is 16.9. The van der Waals surface area contributed by atoms with Gasteiger partial charge in [-0.25, -0.2) is 0 Å². The molecule has 2 atom stereocenters. The molecule has 1 aromatic rings. The molecule has 0 spiro atoms. The monoisotopic (exact) mass is 390 g/mol. The summed E-state index contributed by atoms with van der Waals surface area (Å²) in [5.41, 5.74) is 1.70. The number of rotatable bonds is 4. The summed E-state index contributed by atoms with van der Waals surface area (Å²) in [6.45, 7) is 4.11. The molecule has 1 aromatic carbocycles. The van der Waals surface area contributed by atoms with Crippen LogP contribution in [0, 0.1) is 0 Å². The van der Waals surface area contributed by atoms with E-state index in [2.05, 4.69) is 9.80 Å². The molecule has 2 aliphatic heterocycles. The van der Waals surface area contributed by atoms with Crippen LogP contribution in [0.15, 0.2) is 23.1 Å². The third-order valence-corrected chi connectivity index (χ3v) is 7.62. The Kier molecular flexibility index (Phi) is 5.62. The van der Waals surface area contributed by atoms with Crippen molar-refractivity contribution in [3.63, 3.8) is 0 Å². The van der Waals surface area contributed by atoms with Crippen molar-refractivity contribution in [1.82, 2.24) is 9.80 Å². The van der Waals surface area contributed by atoms with Crippen molar-refractivity contribution >= 4 is 35.2 Å². The molecule has 0 N–H and O–H groups in total. The Labute approximate surface area is 164 Å². The molecule has 3 aliphatic rings. The van der Waals surface area contributed by atoms with Gasteiger partial charge in [-0.15, -0.1) is 11.8 Å². The molecule has 6 heteroatoms. The lowest BCUT2D eigenvalue weighted by Gasteiger charge is -2.39. The maximum atomic E-state index is 13.4. The summed E-state index contributed by atoms with van der Waals surface area (Å²) in [5, 5.41) is 0. The number of carbonyl (C=O) groups excluding carboxylic acids is 2. The van der Waals surface area contributed by atoms with E-state index in [0.29, 0.717) is 6.42 Å². The number of carbonyl (C=O) groups is 2. The number of likely N-dealkylation sites (tertiary alicyclic amines) is 1. The highest BCUT2D eigenvalue weighted by Crippen LogP contribution is 2.37. The summed E-state index contributed by atoms with van der Waals surface area (Å²) >= 11 is 3.59. The molecule has 4 nitrogen and oxygen atoms in total. The minimum atomic E-state index is -0.280. The van der Waals surface area contributed by atoms with Gasteiger partial charge in [0.1, 0.15) is 0 Å². The molecule has 0 saturated carbocycles. The van der Waals surface area contributed by atoms with Crippen LogP contribution in [-0.2, 0) is 4.79 Å². The second-order valence-electron chi connectivity index (χ2n) is 7.40. The van der Waals surface area contributed by atoms with Crippen LogP contribution in [0.25, 0.3) is 0 Å². The molecule has 1 aliphatic carbocycles. The first kappa shape index (κ1) is 18.4. The zero-order chi connectivity index (χ0) is 18.1. The van der Waals surface area contributed by atoms with Gasteiger partial charge in [-0.05, 0) is 49.9 Å². The minimum absolute atomic E-state index is 0.122. The minimum Gasteiger partial charge on any atom is -0.336 e. The molecule has 140 valence electrons. The Morgan fingerprint density at radius 3 is 2.85 bits per heavy atom. The fraction of sp³-hybridized carbons (Fsp3) is 0.600. The molecule has 2 fully saturated rings. The van der Waals surface area contributed by atoms with Crippen molar-refractivity contribution in [2.24, 2.45) is 0 Å². The summed E-state index contributed by atoms with van der Waals surface area (Å²) in [6, 6.07) is 6.28. The summed E-state index contributed by atoms with van der Waals surface area (Å²) in [5.74, 6) is 2.02. The third-order valence-electron chi connectivity index (χ3n) is 5.80. The summed E-state index contributed by atoms with van der Waals surface area (Å²) in [4.78, 5) is 31.6. The maximum Gasteiger partial charge on any atom is 0.230 e. The fourth-order valence-corrected chi connectivity index (χ4v) is 5.88. The van der Waals surface area contributed by atoms with Gasteiger partial charge in [0.2, 0.25) is 5.91 Å². The van der Waals surface area contributed by atoms with Crippen LogP contribution < -0.4 is 0 Å². The van der Waals surface area contributed by atoms with E-state index in [9.17, 15) is 9.59 Å². The van der Waals surface area contributed by atoms with Gasteiger partial charge in [0.05, 0.1) is 12.0 Å². The number of Topliss-reactive ketones (excluding diaryl/α,β-unsaturated/α-hetero) is 1. The van der Waals surface area contributed by atoms with Crippen LogP contribution in [0.4, 0.5) is 0 Å². The quantitative estimate of drug-likeness (QED) is 0.739. The molecule has 2 saturated heterocycles. The van der Waals surface area contributed by atoms with Crippen molar-refractivity contribution < 1.29 is 9.59 Å². The van der Waals surface area contributed by atoms with Crippen molar-refractivity contribution in [2.75, 3.05) is 43.9 Å². The predicted molar refractivity (Wildman–Crippen MR) is 108 cm³/mol. The van der Waals surface area contributed by atoms with Crippen LogP contribution in [0.1, 0.15) is 41.1 Å². The number of hydrogen-bond acceptors (Lipinski definition) is 5. The Bertz CT molecular complexity index is 703. The second-order valence-corrected chi connectivity index (χ2v) is 9.43. The van der Waals surface area contributed by atoms with E-state index >= 15 is 0 Å². The van der Waals surface area contributed by atoms with E-state index in [1.54, 1.807) is 11.8 Å². The molecule has 26 heavy (non-hydrogen) atoms. The Balaban J connectivity index is 1.53. The normalized spacial score (nSPS) is 26.3. The molecular weight excluding hydrogens is 364 g/mol. The average Bonchev–Trinajstić information content (AvgIpc) is 3.29. The van der Waals surface area contributed by atoms with E-state index in [4.69, 9.17) is 0 Å². The van der Waals surface area contributed by atoms with Gasteiger partial charge in [-0.1, -0.05) is 6.07 Å². The lowest BCUT2D eigenvalue weighted by atomic mass is 9.99. The number of ketones is 1. The molecule has 4 rings (SSSR count). The van der Waals surface area contributed by atoms with Gasteiger partial charge in [-0.3, -0.25) is 9.59 Å². The van der Waals surface area contributed by atoms with E-state index in [-0.39, 0.29) is 23.7 Å². The molecule has 2 heterocycles. The van der Waals surface area contributed by atoms with Crippen LogP contribution in [0.5, 0.6) is 0 Å². The lowest BCUT2D eigenvalue weighted by molar-refractivity contribution is -0.134. The van der Waals surface area contributed by atoms with Crippen LogP contribution >= 0.6 is 23.5 Å². The molecule has 0 bridgehead atoms. The largest absolute Gasteiger partial charge is 0.336 e. The van der Waals surface area contributed by atoms with Gasteiger partial charge in [-0.2, -0.15) is 11.8 Å². The molecular formula is C20H26N2O2S2. The van der Waals surface area contributed by atoms with Gasteiger partial charge < -0.3 is 9.80 Å². The smallest absolute Gasteiger partial charge is 0.230 e. The SMILES string of the molecule is CSc1ccc2c(c1)C(=O)CC2C(=O)N1CCSCC1CN1CCCC1. The predicted octanol–water partition coefficient (Wildman–Crippen LogP) is 3.12. The zero-order valence-electron chi connectivity index (χ0n) is 15.3. The van der Waals surface area contributed by atoms with Crippen molar-refractivity contribution in [3.05, 3.63) is 29.3 Å². The van der Waals surface area contributed by atoms with Gasteiger partial charge in [0, 0.05) is 41.5 Å². The summed E-state index contributed by atoms with van der Waals surface area (Å²) < 4.78 is 0. The highest BCUT2D eigenvalue weighted by molar-refractivity contribution is 7.99. The Morgan fingerprint density at radius 1 is 1.27 bits per heavy atom. The standard InChI is InChI=1S/C20H26N2O2S2/c1-25-15-4-5-16-17(10-15)19(23)11-18(16)20(24)22-8-9-26-13-14(22)12-21-6-2-3-7-21/h4-5,10,14,18H,2-3,6-9,11-13H2,1H3. The van der Waals surface area contributed by atoms with E-state index in [1.807, 2.05) is 36.2 Å². The number of hydrogen-bond donors (Lipinski definition) is 0. The van der Waals surface area contributed by atoms with Crippen LogP contribution in [0.3, 0.4) is 0 Å². The number of benzene rings is 1. The number of amides is 1. The first-order valence-corrected chi connectivity index (χ1v) is 11.9. The topological polar surface area (TPSA) is 40.6 Å². The molecule has 1 amide bonds. The summed E-state index contributed by atoms with van der Waals surface area (Å²) in [7, 11) is 0. The maximum absolute atomic E-state index is 13.4. The Hall–Kier alpha value is -0.980. The van der Waals surface area contributed by atoms with E-state index in [0.717, 1.165) is 53.7 Å². The molecule has 0 radical (unpaired) electrons. The van der Waals surface area contributed by atoms with E-state index < -0.39 is 0 Å². The highest BCUT2D eigenvalue weighted by atomic mass is 32.2.